The molecule has 2 aromatic carbocycles. The highest BCUT2D eigenvalue weighted by Crippen LogP contribution is 2.17. The third-order valence-corrected chi connectivity index (χ3v) is 6.09. The summed E-state index contributed by atoms with van der Waals surface area (Å²) in [5.41, 5.74) is 6.23. The van der Waals surface area contributed by atoms with E-state index in [1.54, 1.807) is 31.5 Å². The Labute approximate surface area is 222 Å². The van der Waals surface area contributed by atoms with E-state index in [1.807, 2.05) is 54.6 Å². The Kier molecular flexibility index (Phi) is 11.3. The minimum absolute atomic E-state index is 0.107. The third-order valence-electron chi connectivity index (χ3n) is 6.09. The van der Waals surface area contributed by atoms with Gasteiger partial charge in [0.15, 0.2) is 0 Å². The Morgan fingerprint density at radius 1 is 1.16 bits per heavy atom. The van der Waals surface area contributed by atoms with E-state index in [4.69, 9.17) is 10.7 Å². The summed E-state index contributed by atoms with van der Waals surface area (Å²) < 4.78 is 0. The number of rotatable bonds is 14. The standard InChI is InChI=1S/C28H34N6O4/c1-20(12-15-35)27(33-38-2)28(37)32-24(16-21-6-4-3-5-7-21)26(36)19-34(29)18-22-8-10-23(11-9-22)25-17-30-13-14-31-25/h3-14,17,20,24,26-27,33,36H,16,18-19,29H2,1-2H3,(H,32,37)/t20?,24-,26-,27-/m0/s1. The van der Waals surface area contributed by atoms with Crippen LogP contribution in [0.5, 0.6) is 0 Å². The quantitative estimate of drug-likeness (QED) is 0.142. The molecule has 0 fully saturated rings. The molecule has 0 aliphatic heterocycles. The molecule has 0 radical (unpaired) electrons. The van der Waals surface area contributed by atoms with Crippen molar-refractivity contribution in [3.63, 3.8) is 0 Å². The first-order chi connectivity index (χ1) is 18.4. The van der Waals surface area contributed by atoms with Gasteiger partial charge in [0, 0.05) is 43.0 Å². The van der Waals surface area contributed by atoms with E-state index in [9.17, 15) is 14.7 Å². The lowest BCUT2D eigenvalue weighted by atomic mass is 9.98. The molecule has 0 saturated heterocycles. The first-order valence-corrected chi connectivity index (χ1v) is 12.3. The van der Waals surface area contributed by atoms with Gasteiger partial charge in [-0.05, 0) is 17.5 Å². The van der Waals surface area contributed by atoms with Crippen molar-refractivity contribution < 1.29 is 19.5 Å². The highest BCUT2D eigenvalue weighted by molar-refractivity contribution is 5.82. The van der Waals surface area contributed by atoms with E-state index >= 15 is 0 Å². The Morgan fingerprint density at radius 3 is 2.53 bits per heavy atom. The van der Waals surface area contributed by atoms with Crippen molar-refractivity contribution in [2.24, 2.45) is 11.8 Å². The van der Waals surface area contributed by atoms with E-state index in [-0.39, 0.29) is 6.54 Å². The second kappa shape index (κ2) is 14.8. The fourth-order valence-corrected chi connectivity index (χ4v) is 4.05. The van der Waals surface area contributed by atoms with Crippen LogP contribution in [-0.2, 0) is 27.4 Å². The Hall–Kier alpha value is -3.76. The van der Waals surface area contributed by atoms with Crippen molar-refractivity contribution >= 4 is 11.8 Å². The van der Waals surface area contributed by atoms with E-state index in [0.29, 0.717) is 13.0 Å². The number of amides is 1. The molecule has 10 nitrogen and oxygen atoms in total. The molecule has 1 aromatic heterocycles. The predicted molar refractivity (Wildman–Crippen MR) is 144 cm³/mol. The average molecular weight is 519 g/mol. The molecule has 1 unspecified atom stereocenters. The molecule has 1 amide bonds. The maximum absolute atomic E-state index is 13.1. The third kappa shape index (κ3) is 8.67. The number of nitrogens with zero attached hydrogens (tertiary/aromatic N) is 3. The van der Waals surface area contributed by atoms with Gasteiger partial charge in [-0.2, -0.15) is 5.48 Å². The minimum atomic E-state index is -0.983. The molecule has 0 aliphatic rings. The maximum Gasteiger partial charge on any atom is 0.240 e. The number of aromatic nitrogens is 2. The van der Waals surface area contributed by atoms with Crippen LogP contribution in [-0.4, -0.2) is 63.8 Å². The Balaban J connectivity index is 1.68. The number of nitrogens with two attached hydrogens (primary N) is 1. The monoisotopic (exact) mass is 518 g/mol. The van der Waals surface area contributed by atoms with Crippen molar-refractivity contribution in [2.45, 2.75) is 38.1 Å². The maximum atomic E-state index is 13.1. The summed E-state index contributed by atoms with van der Waals surface area (Å²) >= 11 is 0. The van der Waals surface area contributed by atoms with Crippen molar-refractivity contribution in [2.75, 3.05) is 13.7 Å². The van der Waals surface area contributed by atoms with Gasteiger partial charge in [0.2, 0.25) is 5.91 Å². The number of benzene rings is 2. The summed E-state index contributed by atoms with van der Waals surface area (Å²) in [4.78, 5) is 37.3. The summed E-state index contributed by atoms with van der Waals surface area (Å²) in [5.74, 6) is 7.07. The lowest BCUT2D eigenvalue weighted by Gasteiger charge is -2.30. The lowest BCUT2D eigenvalue weighted by Crippen LogP contribution is -2.56. The molecule has 0 bridgehead atoms. The number of aliphatic hydroxyl groups excluding tert-OH is 1. The zero-order valence-corrected chi connectivity index (χ0v) is 21.5. The van der Waals surface area contributed by atoms with Crippen LogP contribution in [0.3, 0.4) is 0 Å². The summed E-state index contributed by atoms with van der Waals surface area (Å²) in [7, 11) is 1.39. The van der Waals surface area contributed by atoms with E-state index < -0.39 is 30.0 Å². The van der Waals surface area contributed by atoms with Crippen LogP contribution in [0.15, 0.2) is 79.3 Å². The van der Waals surface area contributed by atoms with Gasteiger partial charge in [0.25, 0.3) is 0 Å². The Bertz CT molecular complexity index is 1170. The van der Waals surface area contributed by atoms with Gasteiger partial charge in [-0.1, -0.05) is 61.5 Å². The number of hydroxylamine groups is 1. The predicted octanol–water partition coefficient (Wildman–Crippen LogP) is 1.45. The van der Waals surface area contributed by atoms with Crippen LogP contribution < -0.4 is 16.6 Å². The summed E-state index contributed by atoms with van der Waals surface area (Å²) in [6, 6.07) is 15.8. The molecule has 3 rings (SSSR count). The second-order valence-electron chi connectivity index (χ2n) is 9.03. The van der Waals surface area contributed by atoms with E-state index in [0.717, 1.165) is 22.4 Å². The molecule has 5 N–H and O–H groups in total. The lowest BCUT2D eigenvalue weighted by molar-refractivity contribution is -0.129. The molecule has 3 aromatic rings. The molecular weight excluding hydrogens is 484 g/mol. The van der Waals surface area contributed by atoms with Crippen LogP contribution in [0.2, 0.25) is 0 Å². The van der Waals surface area contributed by atoms with E-state index in [2.05, 4.69) is 20.8 Å². The van der Waals surface area contributed by atoms with E-state index in [1.165, 1.54) is 18.2 Å². The summed E-state index contributed by atoms with van der Waals surface area (Å²) in [6.07, 6.45) is 5.61. The summed E-state index contributed by atoms with van der Waals surface area (Å²) in [6.45, 7) is 2.19. The minimum Gasteiger partial charge on any atom is -0.390 e. The smallest absolute Gasteiger partial charge is 0.240 e. The van der Waals surface area contributed by atoms with Crippen LogP contribution >= 0.6 is 0 Å². The fourth-order valence-electron chi connectivity index (χ4n) is 4.05. The van der Waals surface area contributed by atoms with Crippen molar-refractivity contribution in [3.05, 3.63) is 90.4 Å². The molecule has 10 heteroatoms. The number of hydrogen-bond donors (Lipinski definition) is 4. The van der Waals surface area contributed by atoms with Crippen molar-refractivity contribution in [3.8, 4) is 11.3 Å². The average Bonchev–Trinajstić information content (AvgIpc) is 2.92. The molecule has 38 heavy (non-hydrogen) atoms. The van der Waals surface area contributed by atoms with Gasteiger partial charge in [-0.3, -0.25) is 20.6 Å². The number of aliphatic hydroxyl groups is 1. The van der Waals surface area contributed by atoms with Gasteiger partial charge < -0.3 is 15.3 Å². The second-order valence-corrected chi connectivity index (χ2v) is 9.03. The van der Waals surface area contributed by atoms with Gasteiger partial charge in [0.1, 0.15) is 12.0 Å². The number of carbonyl (C=O) groups excluding carboxylic acids is 2. The number of carbonyl (C=O) groups is 1. The van der Waals surface area contributed by atoms with Crippen molar-refractivity contribution in [1.82, 2.24) is 25.8 Å². The molecule has 1 heterocycles. The molecule has 200 valence electrons. The first-order valence-electron chi connectivity index (χ1n) is 12.3. The molecule has 0 aliphatic carbocycles. The van der Waals surface area contributed by atoms with Crippen LogP contribution in [0.1, 0.15) is 18.1 Å². The zero-order chi connectivity index (χ0) is 27.3. The molecular formula is C28H34N6O4. The number of hydrazine groups is 1. The van der Waals surface area contributed by atoms with Crippen molar-refractivity contribution in [1.29, 1.82) is 0 Å². The van der Waals surface area contributed by atoms with Crippen LogP contribution in [0.4, 0.5) is 0 Å². The Morgan fingerprint density at radius 2 is 1.89 bits per heavy atom. The fraction of sp³-hybridized carbons (Fsp3) is 0.321. The largest absolute Gasteiger partial charge is 0.390 e. The van der Waals surface area contributed by atoms with Gasteiger partial charge >= 0.3 is 0 Å². The zero-order valence-electron chi connectivity index (χ0n) is 21.5. The molecule has 4 atom stereocenters. The first kappa shape index (κ1) is 28.8. The van der Waals surface area contributed by atoms with Crippen LogP contribution in [0.25, 0.3) is 11.3 Å². The SMILES string of the molecule is CON[C@H](C(=O)N[C@@H](Cc1ccccc1)[C@@H](O)CN(N)Cc1ccc(-c2cnccn2)cc1)C(C)C=C=O. The number of nitrogens with one attached hydrogen (secondary N) is 2. The molecule has 0 saturated carbocycles. The van der Waals surface area contributed by atoms with Gasteiger partial charge in [0.05, 0.1) is 31.1 Å². The summed E-state index contributed by atoms with van der Waals surface area (Å²) in [5, 5.41) is 15.6. The highest BCUT2D eigenvalue weighted by atomic mass is 16.6. The van der Waals surface area contributed by atoms with Gasteiger partial charge in [-0.15, -0.1) is 0 Å². The topological polar surface area (TPSA) is 143 Å². The highest BCUT2D eigenvalue weighted by Gasteiger charge is 2.29. The normalized spacial score (nSPS) is 14.2. The number of hydrogen-bond acceptors (Lipinski definition) is 9. The van der Waals surface area contributed by atoms with Crippen LogP contribution in [0, 0.1) is 5.92 Å². The molecule has 0 spiro atoms. The van der Waals surface area contributed by atoms with Gasteiger partial charge in [-0.25, -0.2) is 9.80 Å².